The summed E-state index contributed by atoms with van der Waals surface area (Å²) in [5, 5.41) is 5.95. The predicted octanol–water partition coefficient (Wildman–Crippen LogP) is 4.83. The summed E-state index contributed by atoms with van der Waals surface area (Å²) < 4.78 is 16.5. The largest absolute Gasteiger partial charge is 0.494 e. The van der Waals surface area contributed by atoms with Gasteiger partial charge in [0.15, 0.2) is 0 Å². The summed E-state index contributed by atoms with van der Waals surface area (Å²) in [6.45, 7) is 7.46. The number of ether oxygens (including phenoxy) is 3. The average Bonchev–Trinajstić information content (AvgIpc) is 2.90. The number of amides is 2. The van der Waals surface area contributed by atoms with Crippen molar-refractivity contribution in [1.82, 2.24) is 0 Å². The van der Waals surface area contributed by atoms with E-state index in [4.69, 9.17) is 14.2 Å². The first-order valence-corrected chi connectivity index (χ1v) is 12.1. The van der Waals surface area contributed by atoms with E-state index in [9.17, 15) is 9.59 Å². The van der Waals surface area contributed by atoms with E-state index in [1.54, 1.807) is 42.5 Å². The number of carbonyl (C=O) groups is 2. The van der Waals surface area contributed by atoms with E-state index in [2.05, 4.69) is 15.5 Å². The van der Waals surface area contributed by atoms with E-state index in [0.29, 0.717) is 73.5 Å². The van der Waals surface area contributed by atoms with Gasteiger partial charge in [-0.1, -0.05) is 12.1 Å². The third-order valence-corrected chi connectivity index (χ3v) is 5.67. The molecule has 3 aromatic rings. The molecule has 8 nitrogen and oxygen atoms in total. The van der Waals surface area contributed by atoms with E-state index in [1.807, 2.05) is 38.1 Å². The molecule has 1 fully saturated rings. The SMILES string of the molecule is CCOc1cccc(C(=O)Nc2ccc(N3CCOCC3)c(NC(=O)c3cccc(OCC)c3)c2)c1. The summed E-state index contributed by atoms with van der Waals surface area (Å²) in [5.74, 6) is 0.736. The van der Waals surface area contributed by atoms with Crippen molar-refractivity contribution < 1.29 is 23.8 Å². The van der Waals surface area contributed by atoms with Crippen LogP contribution < -0.4 is 25.0 Å². The van der Waals surface area contributed by atoms with Gasteiger partial charge in [-0.25, -0.2) is 0 Å². The molecular weight excluding hydrogens is 458 g/mol. The second-order valence-electron chi connectivity index (χ2n) is 8.16. The zero-order valence-electron chi connectivity index (χ0n) is 20.6. The third-order valence-electron chi connectivity index (χ3n) is 5.67. The third kappa shape index (κ3) is 6.34. The highest BCUT2D eigenvalue weighted by atomic mass is 16.5. The molecule has 1 aliphatic rings. The van der Waals surface area contributed by atoms with Crippen molar-refractivity contribution in [1.29, 1.82) is 0 Å². The van der Waals surface area contributed by atoms with Gasteiger partial charge in [0, 0.05) is 29.9 Å². The zero-order chi connectivity index (χ0) is 25.3. The molecule has 8 heteroatoms. The Morgan fingerprint density at radius 1 is 0.806 bits per heavy atom. The van der Waals surface area contributed by atoms with Crippen LogP contribution >= 0.6 is 0 Å². The van der Waals surface area contributed by atoms with Crippen LogP contribution in [0.15, 0.2) is 66.7 Å². The minimum Gasteiger partial charge on any atom is -0.494 e. The number of benzene rings is 3. The van der Waals surface area contributed by atoms with Gasteiger partial charge in [0.1, 0.15) is 11.5 Å². The molecule has 3 aromatic carbocycles. The van der Waals surface area contributed by atoms with Gasteiger partial charge in [-0.2, -0.15) is 0 Å². The zero-order valence-corrected chi connectivity index (χ0v) is 20.6. The molecule has 1 aliphatic heterocycles. The second-order valence-corrected chi connectivity index (χ2v) is 8.16. The van der Waals surface area contributed by atoms with Crippen molar-refractivity contribution >= 4 is 28.9 Å². The number of nitrogens with zero attached hydrogens (tertiary/aromatic N) is 1. The van der Waals surface area contributed by atoms with Crippen LogP contribution in [0.5, 0.6) is 11.5 Å². The van der Waals surface area contributed by atoms with Crippen molar-refractivity contribution in [3.05, 3.63) is 77.9 Å². The molecule has 36 heavy (non-hydrogen) atoms. The smallest absolute Gasteiger partial charge is 0.255 e. The summed E-state index contributed by atoms with van der Waals surface area (Å²) in [4.78, 5) is 28.2. The van der Waals surface area contributed by atoms with E-state index in [-0.39, 0.29) is 11.8 Å². The van der Waals surface area contributed by atoms with E-state index in [0.717, 1.165) is 5.69 Å². The van der Waals surface area contributed by atoms with Crippen molar-refractivity contribution in [3.63, 3.8) is 0 Å². The van der Waals surface area contributed by atoms with Crippen LogP contribution in [0.25, 0.3) is 0 Å². The Morgan fingerprint density at radius 2 is 1.39 bits per heavy atom. The summed E-state index contributed by atoms with van der Waals surface area (Å²) in [5.41, 5.74) is 3.00. The summed E-state index contributed by atoms with van der Waals surface area (Å²) in [6.07, 6.45) is 0. The lowest BCUT2D eigenvalue weighted by atomic mass is 10.1. The van der Waals surface area contributed by atoms with Crippen molar-refractivity contribution in [3.8, 4) is 11.5 Å². The molecule has 1 heterocycles. The lowest BCUT2D eigenvalue weighted by Crippen LogP contribution is -2.36. The Hall–Kier alpha value is -4.04. The van der Waals surface area contributed by atoms with Crippen LogP contribution in [-0.4, -0.2) is 51.3 Å². The monoisotopic (exact) mass is 489 g/mol. The van der Waals surface area contributed by atoms with Crippen LogP contribution in [-0.2, 0) is 4.74 Å². The molecule has 2 N–H and O–H groups in total. The topological polar surface area (TPSA) is 89.1 Å². The minimum atomic E-state index is -0.266. The average molecular weight is 490 g/mol. The summed E-state index contributed by atoms with van der Waals surface area (Å²) in [7, 11) is 0. The molecule has 1 saturated heterocycles. The number of hydrogen-bond acceptors (Lipinski definition) is 6. The van der Waals surface area contributed by atoms with Gasteiger partial charge in [-0.15, -0.1) is 0 Å². The van der Waals surface area contributed by atoms with Gasteiger partial charge in [0.2, 0.25) is 0 Å². The van der Waals surface area contributed by atoms with Crippen LogP contribution in [0.1, 0.15) is 34.6 Å². The lowest BCUT2D eigenvalue weighted by molar-refractivity contribution is 0.101. The van der Waals surface area contributed by atoms with Gasteiger partial charge >= 0.3 is 0 Å². The van der Waals surface area contributed by atoms with Crippen LogP contribution in [0.4, 0.5) is 17.1 Å². The summed E-state index contributed by atoms with van der Waals surface area (Å²) in [6, 6.07) is 19.6. The van der Waals surface area contributed by atoms with Gasteiger partial charge in [0.25, 0.3) is 11.8 Å². The Labute approximate surface area is 211 Å². The van der Waals surface area contributed by atoms with Gasteiger partial charge in [0.05, 0.1) is 37.8 Å². The van der Waals surface area contributed by atoms with E-state index >= 15 is 0 Å². The number of nitrogens with one attached hydrogen (secondary N) is 2. The Bertz CT molecular complexity index is 1210. The molecule has 0 unspecified atom stereocenters. The molecule has 0 radical (unpaired) electrons. The Kier molecular flexibility index (Phi) is 8.41. The van der Waals surface area contributed by atoms with Crippen molar-refractivity contribution in [2.24, 2.45) is 0 Å². The Balaban J connectivity index is 1.58. The highest BCUT2D eigenvalue weighted by Crippen LogP contribution is 2.31. The number of morpholine rings is 1. The fourth-order valence-electron chi connectivity index (χ4n) is 3.98. The first kappa shape index (κ1) is 25.1. The number of anilines is 3. The number of hydrogen-bond donors (Lipinski definition) is 2. The number of carbonyl (C=O) groups excluding carboxylic acids is 2. The van der Waals surface area contributed by atoms with E-state index in [1.165, 1.54) is 0 Å². The highest BCUT2D eigenvalue weighted by Gasteiger charge is 2.18. The maximum Gasteiger partial charge on any atom is 0.255 e. The molecule has 0 saturated carbocycles. The van der Waals surface area contributed by atoms with E-state index < -0.39 is 0 Å². The molecule has 0 atom stereocenters. The van der Waals surface area contributed by atoms with Crippen molar-refractivity contribution in [2.45, 2.75) is 13.8 Å². The second kappa shape index (κ2) is 12.1. The first-order chi connectivity index (χ1) is 17.6. The minimum absolute atomic E-state index is 0.265. The lowest BCUT2D eigenvalue weighted by Gasteiger charge is -2.31. The fourth-order valence-corrected chi connectivity index (χ4v) is 3.98. The Morgan fingerprint density at radius 3 is 1.97 bits per heavy atom. The van der Waals surface area contributed by atoms with Gasteiger partial charge < -0.3 is 29.7 Å². The fraction of sp³-hybridized carbons (Fsp3) is 0.286. The normalized spacial score (nSPS) is 13.1. The maximum atomic E-state index is 13.1. The quantitative estimate of drug-likeness (QED) is 0.448. The maximum absolute atomic E-state index is 13.1. The van der Waals surface area contributed by atoms with Gasteiger partial charge in [-0.05, 0) is 68.4 Å². The van der Waals surface area contributed by atoms with Crippen molar-refractivity contribution in [2.75, 3.05) is 55.1 Å². The molecule has 0 aromatic heterocycles. The molecule has 0 spiro atoms. The highest BCUT2D eigenvalue weighted by molar-refractivity contribution is 6.08. The molecule has 0 aliphatic carbocycles. The first-order valence-electron chi connectivity index (χ1n) is 12.1. The van der Waals surface area contributed by atoms with Crippen LogP contribution in [0.3, 0.4) is 0 Å². The standard InChI is InChI=1S/C28H31N3O5/c1-3-35-23-9-5-7-20(17-23)27(32)29-22-11-12-26(31-13-15-34-16-14-31)25(19-22)30-28(33)21-8-6-10-24(18-21)36-4-2/h5-12,17-19H,3-4,13-16H2,1-2H3,(H,29,32)(H,30,33). The summed E-state index contributed by atoms with van der Waals surface area (Å²) >= 11 is 0. The molecule has 188 valence electrons. The van der Waals surface area contributed by atoms with Gasteiger partial charge in [-0.3, -0.25) is 9.59 Å². The molecule has 2 amide bonds. The van der Waals surface area contributed by atoms with Crippen LogP contribution in [0, 0.1) is 0 Å². The van der Waals surface area contributed by atoms with Crippen LogP contribution in [0.2, 0.25) is 0 Å². The molecular formula is C28H31N3O5. The molecule has 0 bridgehead atoms. The number of rotatable bonds is 9. The molecule has 4 rings (SSSR count). The predicted molar refractivity (Wildman–Crippen MR) is 141 cm³/mol.